The van der Waals surface area contributed by atoms with Gasteiger partial charge in [0.25, 0.3) is 0 Å². The Balaban J connectivity index is 0.965. The highest BCUT2D eigenvalue weighted by molar-refractivity contribution is 7.19. The van der Waals surface area contributed by atoms with Crippen LogP contribution in [-0.2, 0) is 0 Å². The molecule has 0 N–H and O–H groups in total. The largest absolute Gasteiger partial charge is 0.310 e. The number of nitrogens with zero attached hydrogens (tertiary/aromatic N) is 2. The van der Waals surface area contributed by atoms with Gasteiger partial charge in [0.05, 0.1) is 11.0 Å². The van der Waals surface area contributed by atoms with E-state index in [1.54, 1.807) is 0 Å². The summed E-state index contributed by atoms with van der Waals surface area (Å²) in [4.78, 5) is 2.43. The summed E-state index contributed by atoms with van der Waals surface area (Å²) in [7, 11) is -2.75. The van der Waals surface area contributed by atoms with Gasteiger partial charge in [0.2, 0.25) is 0 Å². The lowest BCUT2D eigenvalue weighted by molar-refractivity contribution is 1.18. The predicted octanol–water partition coefficient (Wildman–Crippen LogP) is 15.8. The number of benzene rings is 12. The minimum Gasteiger partial charge on any atom is -0.310 e. The molecule has 2 nitrogen and oxygen atoms in total. The highest BCUT2D eigenvalue weighted by Gasteiger charge is 2.41. The number of hydrogen-bond acceptors (Lipinski definition) is 1. The summed E-state index contributed by atoms with van der Waals surface area (Å²) in [5.41, 5.74) is 13.9. The Kier molecular flexibility index (Phi) is 11.3. The molecule has 0 amide bonds. The van der Waals surface area contributed by atoms with Gasteiger partial charge in [0.1, 0.15) is 0 Å². The van der Waals surface area contributed by atoms with Crippen LogP contribution in [0.1, 0.15) is 0 Å². The highest BCUT2D eigenvalue weighted by atomic mass is 28.3. The molecule has 13 aromatic rings. The maximum absolute atomic E-state index is 2.75. The summed E-state index contributed by atoms with van der Waals surface area (Å²) in [6.45, 7) is 0. The van der Waals surface area contributed by atoms with Crippen LogP contribution in [0.25, 0.3) is 71.6 Å². The molecule has 3 heteroatoms. The van der Waals surface area contributed by atoms with Gasteiger partial charge in [-0.3, -0.25) is 0 Å². The Morgan fingerprint density at radius 3 is 1.38 bits per heavy atom. The third-order valence-corrected chi connectivity index (χ3v) is 19.5. The fourth-order valence-corrected chi connectivity index (χ4v) is 16.2. The van der Waals surface area contributed by atoms with Crippen molar-refractivity contribution in [3.05, 3.63) is 303 Å². The van der Waals surface area contributed by atoms with E-state index in [9.17, 15) is 0 Å². The lowest BCUT2D eigenvalue weighted by Gasteiger charge is -2.35. The molecular formula is C70H50N2Si. The topological polar surface area (TPSA) is 8.17 Å². The zero-order chi connectivity index (χ0) is 48.6. The molecule has 0 unspecified atom stereocenters. The van der Waals surface area contributed by atoms with E-state index in [1.165, 1.54) is 81.1 Å². The fraction of sp³-hybridized carbons (Fsp3) is 0. The Bertz CT molecular complexity index is 3940. The number of fused-ring (bicyclic) bond motifs is 4. The molecule has 0 atom stereocenters. The molecule has 0 saturated heterocycles. The van der Waals surface area contributed by atoms with Crippen molar-refractivity contribution in [1.29, 1.82) is 0 Å². The molecule has 344 valence electrons. The van der Waals surface area contributed by atoms with Crippen molar-refractivity contribution in [1.82, 2.24) is 4.57 Å². The normalized spacial score (nSPS) is 11.6. The van der Waals surface area contributed by atoms with Crippen molar-refractivity contribution < 1.29 is 0 Å². The highest BCUT2D eigenvalue weighted by Crippen LogP contribution is 2.42. The van der Waals surface area contributed by atoms with Crippen LogP contribution in [0.5, 0.6) is 0 Å². The van der Waals surface area contributed by atoms with Gasteiger partial charge in [-0.15, -0.1) is 0 Å². The second-order valence-electron chi connectivity index (χ2n) is 18.8. The molecule has 0 aliphatic carbocycles. The minimum absolute atomic E-state index is 1.08. The lowest BCUT2D eigenvalue weighted by Crippen LogP contribution is -2.74. The van der Waals surface area contributed by atoms with Crippen molar-refractivity contribution >= 4 is 78.5 Å². The molecule has 1 heterocycles. The van der Waals surface area contributed by atoms with Crippen LogP contribution in [0, 0.1) is 0 Å². The summed E-state index contributed by atoms with van der Waals surface area (Å²) in [6.07, 6.45) is 0. The van der Waals surface area contributed by atoms with Crippen LogP contribution in [0.15, 0.2) is 303 Å². The Hall–Kier alpha value is -9.28. The van der Waals surface area contributed by atoms with Gasteiger partial charge >= 0.3 is 0 Å². The summed E-state index contributed by atoms with van der Waals surface area (Å²) < 4.78 is 2.42. The monoisotopic (exact) mass is 946 g/mol. The van der Waals surface area contributed by atoms with Crippen molar-refractivity contribution in [2.75, 3.05) is 4.90 Å². The fourth-order valence-electron chi connectivity index (χ4n) is 11.4. The lowest BCUT2D eigenvalue weighted by atomic mass is 9.97. The third-order valence-electron chi connectivity index (χ3n) is 14.8. The molecule has 0 fully saturated rings. The summed E-state index contributed by atoms with van der Waals surface area (Å²) in [6, 6.07) is 112. The second kappa shape index (κ2) is 18.8. The van der Waals surface area contributed by atoms with Gasteiger partial charge in [-0.25, -0.2) is 0 Å². The predicted molar refractivity (Wildman–Crippen MR) is 313 cm³/mol. The van der Waals surface area contributed by atoms with E-state index in [0.717, 1.165) is 28.3 Å². The van der Waals surface area contributed by atoms with E-state index in [1.807, 2.05) is 0 Å². The van der Waals surface area contributed by atoms with Crippen LogP contribution in [0.4, 0.5) is 17.1 Å². The Labute approximate surface area is 428 Å². The van der Waals surface area contributed by atoms with E-state index < -0.39 is 8.07 Å². The average Bonchev–Trinajstić information content (AvgIpc) is 3.82. The molecule has 0 aliphatic rings. The first-order valence-electron chi connectivity index (χ1n) is 25.2. The first kappa shape index (κ1) is 43.7. The van der Waals surface area contributed by atoms with Crippen molar-refractivity contribution in [2.45, 2.75) is 0 Å². The van der Waals surface area contributed by atoms with Crippen molar-refractivity contribution in [3.8, 4) is 39.1 Å². The average molecular weight is 947 g/mol. The van der Waals surface area contributed by atoms with Gasteiger partial charge in [-0.1, -0.05) is 243 Å². The SMILES string of the molecule is c1ccc(-c2ccc(-n3c4ccccc4c4c(-c5cccc(N(c6ccc(-c7cccc8ccccc78)cc6)c6ccc([Si](c7ccccc7)(c7ccccc7)c7ccccc7)cc6)c5)cccc43)cc2)cc1. The standard InChI is InChI=1S/C70H50N2Si/c1-5-20-51(21-6-1)52-38-42-58(43-39-52)72-68-36-16-15-33-67(68)70-66(35-19-37-69(70)72)55-24-17-25-59(50-55)71(56-44-40-54(41-45-56)65-34-18-23-53-22-13-14-32-64(53)65)57-46-48-63(49-47-57)73(60-26-7-2-8-27-60,61-28-9-3-10-29-61)62-30-11-4-12-31-62/h1-50H. The smallest absolute Gasteiger partial charge is 0.179 e. The Morgan fingerprint density at radius 2 is 0.726 bits per heavy atom. The van der Waals surface area contributed by atoms with E-state index >= 15 is 0 Å². The molecule has 0 saturated carbocycles. The number of hydrogen-bond donors (Lipinski definition) is 0. The molecule has 0 aliphatic heterocycles. The van der Waals surface area contributed by atoms with Gasteiger partial charge < -0.3 is 9.47 Å². The molecule has 0 bridgehead atoms. The number of para-hydroxylation sites is 1. The first-order valence-corrected chi connectivity index (χ1v) is 27.2. The van der Waals surface area contributed by atoms with Crippen LogP contribution in [-0.4, -0.2) is 12.6 Å². The quantitative estimate of drug-likeness (QED) is 0.0926. The maximum atomic E-state index is 2.43. The molecule has 1 aromatic heterocycles. The summed E-state index contributed by atoms with van der Waals surface area (Å²) in [5, 5.41) is 10.4. The first-order chi connectivity index (χ1) is 36.2. The number of anilines is 3. The second-order valence-corrected chi connectivity index (χ2v) is 22.6. The van der Waals surface area contributed by atoms with E-state index in [-0.39, 0.29) is 0 Å². The molecule has 13 rings (SSSR count). The zero-order valence-electron chi connectivity index (χ0n) is 40.3. The van der Waals surface area contributed by atoms with Crippen molar-refractivity contribution in [3.63, 3.8) is 0 Å². The van der Waals surface area contributed by atoms with E-state index in [0.29, 0.717) is 0 Å². The van der Waals surface area contributed by atoms with Gasteiger partial charge in [0.15, 0.2) is 8.07 Å². The van der Waals surface area contributed by atoms with Crippen LogP contribution < -0.4 is 25.6 Å². The molecule has 73 heavy (non-hydrogen) atoms. The number of aromatic nitrogens is 1. The Morgan fingerprint density at radius 1 is 0.274 bits per heavy atom. The molecule has 0 radical (unpaired) electrons. The number of rotatable bonds is 11. The summed E-state index contributed by atoms with van der Waals surface area (Å²) in [5.74, 6) is 0. The van der Waals surface area contributed by atoms with Crippen LogP contribution in [0.3, 0.4) is 0 Å². The molecule has 0 spiro atoms. The van der Waals surface area contributed by atoms with Gasteiger partial charge in [-0.2, -0.15) is 0 Å². The minimum atomic E-state index is -2.75. The van der Waals surface area contributed by atoms with Crippen LogP contribution in [0.2, 0.25) is 0 Å². The summed E-state index contributed by atoms with van der Waals surface area (Å²) >= 11 is 0. The third kappa shape index (κ3) is 7.75. The zero-order valence-corrected chi connectivity index (χ0v) is 41.3. The molecular weight excluding hydrogens is 897 g/mol. The van der Waals surface area contributed by atoms with Crippen molar-refractivity contribution in [2.24, 2.45) is 0 Å². The molecule has 12 aromatic carbocycles. The van der Waals surface area contributed by atoms with Gasteiger partial charge in [0, 0.05) is 33.5 Å². The van der Waals surface area contributed by atoms with Gasteiger partial charge in [-0.05, 0) is 126 Å². The maximum Gasteiger partial charge on any atom is 0.179 e. The van der Waals surface area contributed by atoms with Crippen LogP contribution >= 0.6 is 0 Å². The van der Waals surface area contributed by atoms with E-state index in [4.69, 9.17) is 0 Å². The van der Waals surface area contributed by atoms with E-state index in [2.05, 4.69) is 313 Å².